The fourth-order valence-corrected chi connectivity index (χ4v) is 16.6. The number of benzene rings is 1. The average Bonchev–Trinajstić information content (AvgIpc) is 4.17. The Balaban J connectivity index is 0.779. The molecule has 9 aliphatic carbocycles. The van der Waals surface area contributed by atoms with Crippen molar-refractivity contribution in [3.63, 3.8) is 0 Å². The van der Waals surface area contributed by atoms with E-state index in [-0.39, 0.29) is 65.6 Å². The molecule has 1 aromatic rings. The average molecular weight is 909 g/mol. The molecular weight excluding hydrogens is 841 g/mol. The first-order valence-electron chi connectivity index (χ1n) is 25.2. The van der Waals surface area contributed by atoms with Gasteiger partial charge in [0.1, 0.15) is 0 Å². The number of esters is 6. The molecule has 18 unspecified atom stereocenters. The maximum absolute atomic E-state index is 14.2. The predicted molar refractivity (Wildman–Crippen MR) is 239 cm³/mol. The molecule has 0 radical (unpaired) electrons. The Hall–Kier alpha value is -4.48. The van der Waals surface area contributed by atoms with Crippen molar-refractivity contribution in [2.24, 2.45) is 107 Å². The predicted octanol–water partition coefficient (Wildman–Crippen LogP) is 8.46. The quantitative estimate of drug-likeness (QED) is 0.0836. The van der Waals surface area contributed by atoms with Crippen molar-refractivity contribution in [2.75, 3.05) is 39.6 Å². The van der Waals surface area contributed by atoms with Crippen LogP contribution >= 0.6 is 0 Å². The minimum atomic E-state index is -0.643. The summed E-state index contributed by atoms with van der Waals surface area (Å²) in [7, 11) is 0. The van der Waals surface area contributed by atoms with Gasteiger partial charge in [-0.2, -0.15) is 0 Å². The maximum atomic E-state index is 14.2. The smallest absolute Gasteiger partial charge is 0.339 e. The highest BCUT2D eigenvalue weighted by molar-refractivity contribution is 6.05. The van der Waals surface area contributed by atoms with E-state index in [1.54, 1.807) is 13.0 Å². The van der Waals surface area contributed by atoms with E-state index in [4.69, 9.17) is 28.4 Å². The largest absolute Gasteiger partial charge is 0.466 e. The van der Waals surface area contributed by atoms with Gasteiger partial charge in [0, 0.05) is 18.6 Å². The highest BCUT2D eigenvalue weighted by atomic mass is 16.6. The lowest BCUT2D eigenvalue weighted by Crippen LogP contribution is -2.29. The van der Waals surface area contributed by atoms with E-state index in [1.807, 2.05) is 0 Å². The molecule has 9 fully saturated rings. The normalized spacial score (nSPS) is 39.2. The Morgan fingerprint density at radius 2 is 0.909 bits per heavy atom. The van der Waals surface area contributed by atoms with Gasteiger partial charge in [0.25, 0.3) is 0 Å². The van der Waals surface area contributed by atoms with E-state index in [2.05, 4.69) is 13.2 Å². The molecule has 12 heteroatoms. The van der Waals surface area contributed by atoms with E-state index in [1.165, 1.54) is 25.1 Å². The van der Waals surface area contributed by atoms with Gasteiger partial charge in [0.05, 0.1) is 56.3 Å². The van der Waals surface area contributed by atoms with E-state index < -0.39 is 17.9 Å². The Morgan fingerprint density at radius 3 is 1.36 bits per heavy atom. The van der Waals surface area contributed by atoms with Crippen LogP contribution < -0.4 is 0 Å². The summed E-state index contributed by atoms with van der Waals surface area (Å²) in [6, 6.07) is 4.53. The summed E-state index contributed by atoms with van der Waals surface area (Å²) in [5.41, 5.74) is 0.714. The van der Waals surface area contributed by atoms with Gasteiger partial charge in [-0.05, 0) is 209 Å². The van der Waals surface area contributed by atoms with Gasteiger partial charge in [-0.1, -0.05) is 13.2 Å². The molecule has 0 N–H and O–H groups in total. The van der Waals surface area contributed by atoms with Crippen LogP contribution in [0.15, 0.2) is 43.0 Å². The second kappa shape index (κ2) is 18.5. The van der Waals surface area contributed by atoms with Gasteiger partial charge in [-0.15, -0.1) is 0 Å². The summed E-state index contributed by atoms with van der Waals surface area (Å²) in [5, 5.41) is 0. The molecule has 0 saturated heterocycles. The highest BCUT2D eigenvalue weighted by Gasteiger charge is 2.58. The minimum absolute atomic E-state index is 0.0191. The highest BCUT2D eigenvalue weighted by Crippen LogP contribution is 2.64. The fourth-order valence-electron chi connectivity index (χ4n) is 16.6. The lowest BCUT2D eigenvalue weighted by Gasteiger charge is -2.31. The molecular formula is C54H68O12. The minimum Gasteiger partial charge on any atom is -0.466 e. The van der Waals surface area contributed by atoms with Crippen molar-refractivity contribution in [1.82, 2.24) is 0 Å². The third-order valence-electron chi connectivity index (χ3n) is 19.0. The standard InChI is InChI=1S/C54H68O12/c1-5-50(56)62-22-30-9-41-35-15-37(44(20-35)47(41)12-30)25-65-53(59)39-7-6-32(52(58)64-24-36-14-33-18-43(36)48-13-31(10-42(33)48)23-63-51(57)27(2)3)17-49(39)54(60)66-26-38-16-34-19-45(38)46-11-29(8-40(34)46)21-61-28(4)55/h5-7,17,29-31,33-38,40-48H,1-2,8-16,18-26H2,3-4H3. The van der Waals surface area contributed by atoms with Gasteiger partial charge >= 0.3 is 35.8 Å². The number of carbonyl (C=O) groups excluding carboxylic acids is 6. The van der Waals surface area contributed by atoms with E-state index >= 15 is 0 Å². The molecule has 0 heterocycles. The van der Waals surface area contributed by atoms with Crippen LogP contribution in [-0.4, -0.2) is 75.5 Å². The molecule has 9 aliphatic rings. The zero-order valence-electron chi connectivity index (χ0n) is 38.7. The topological polar surface area (TPSA) is 158 Å². The van der Waals surface area contributed by atoms with Crippen LogP contribution in [0.5, 0.6) is 0 Å². The summed E-state index contributed by atoms with van der Waals surface area (Å²) >= 11 is 0. The van der Waals surface area contributed by atoms with Crippen LogP contribution in [0.25, 0.3) is 0 Å². The van der Waals surface area contributed by atoms with Gasteiger partial charge in [0.2, 0.25) is 0 Å². The first kappa shape index (κ1) is 45.3. The first-order valence-corrected chi connectivity index (χ1v) is 25.2. The number of rotatable bonds is 17. The van der Waals surface area contributed by atoms with Crippen LogP contribution in [0.1, 0.15) is 122 Å². The van der Waals surface area contributed by atoms with Crippen LogP contribution in [0.3, 0.4) is 0 Å². The Morgan fingerprint density at radius 1 is 0.485 bits per heavy atom. The third-order valence-corrected chi connectivity index (χ3v) is 19.0. The zero-order valence-corrected chi connectivity index (χ0v) is 38.7. The molecule has 0 aromatic heterocycles. The van der Waals surface area contributed by atoms with Crippen molar-refractivity contribution in [2.45, 2.75) is 90.9 Å². The van der Waals surface area contributed by atoms with Crippen molar-refractivity contribution >= 4 is 35.8 Å². The second-order valence-electron chi connectivity index (χ2n) is 22.5. The maximum Gasteiger partial charge on any atom is 0.339 e. The second-order valence-corrected chi connectivity index (χ2v) is 22.5. The summed E-state index contributed by atoms with van der Waals surface area (Å²) in [6.07, 6.45) is 13.8. The van der Waals surface area contributed by atoms with E-state index in [0.29, 0.717) is 121 Å². The van der Waals surface area contributed by atoms with Crippen molar-refractivity contribution in [3.8, 4) is 0 Å². The number of ether oxygens (including phenoxy) is 6. The molecule has 18 atom stereocenters. The molecule has 1 aromatic carbocycles. The van der Waals surface area contributed by atoms with Gasteiger partial charge in [0.15, 0.2) is 0 Å². The Labute approximate surface area is 388 Å². The van der Waals surface area contributed by atoms with Crippen molar-refractivity contribution in [3.05, 3.63) is 59.7 Å². The van der Waals surface area contributed by atoms with Crippen LogP contribution in [0.2, 0.25) is 0 Å². The molecule has 0 spiro atoms. The summed E-state index contributed by atoms with van der Waals surface area (Å²) in [5.74, 6) is 5.51. The van der Waals surface area contributed by atoms with Gasteiger partial charge < -0.3 is 28.4 Å². The number of hydrogen-bond donors (Lipinski definition) is 0. The summed E-state index contributed by atoms with van der Waals surface area (Å²) in [6.45, 7) is 12.4. The van der Waals surface area contributed by atoms with Gasteiger partial charge in [-0.25, -0.2) is 24.0 Å². The SMILES string of the molecule is C=CC(=O)OCC1CC2C3CC(COC(=O)c4ccc(C(=O)OCC5CC6CC5C5CC(COC(=O)C(=C)C)CC65)cc4C(=O)OCC4CC5CC4C4CC(COC(C)=O)CC54)C(C3)C2C1. The monoisotopic (exact) mass is 908 g/mol. The summed E-state index contributed by atoms with van der Waals surface area (Å²) < 4.78 is 34.4. The molecule has 356 valence electrons. The van der Waals surface area contributed by atoms with Crippen LogP contribution in [0, 0.1) is 107 Å². The molecule has 0 aliphatic heterocycles. The van der Waals surface area contributed by atoms with Crippen LogP contribution in [0.4, 0.5) is 0 Å². The number of carbonyl (C=O) groups is 6. The molecule has 66 heavy (non-hydrogen) atoms. The van der Waals surface area contributed by atoms with E-state index in [9.17, 15) is 28.8 Å². The fraction of sp³-hybridized carbons (Fsp3) is 0.704. The first-order chi connectivity index (χ1) is 31.8. The molecule has 10 rings (SSSR count). The molecule has 9 saturated carbocycles. The van der Waals surface area contributed by atoms with Crippen LogP contribution in [-0.2, 0) is 42.8 Å². The Kier molecular flexibility index (Phi) is 12.7. The van der Waals surface area contributed by atoms with Crippen molar-refractivity contribution in [1.29, 1.82) is 0 Å². The zero-order chi connectivity index (χ0) is 46.0. The van der Waals surface area contributed by atoms with Crippen molar-refractivity contribution < 1.29 is 57.2 Å². The summed E-state index contributed by atoms with van der Waals surface area (Å²) in [4.78, 5) is 77.2. The lowest BCUT2D eigenvalue weighted by molar-refractivity contribution is -0.142. The lowest BCUT2D eigenvalue weighted by atomic mass is 9.76. The molecule has 0 amide bonds. The molecule has 12 nitrogen and oxygen atoms in total. The third kappa shape index (κ3) is 8.76. The van der Waals surface area contributed by atoms with Gasteiger partial charge in [-0.3, -0.25) is 4.79 Å². The molecule has 6 bridgehead atoms. The van der Waals surface area contributed by atoms with E-state index in [0.717, 1.165) is 77.0 Å². The Bertz CT molecular complexity index is 2130. The number of hydrogen-bond acceptors (Lipinski definition) is 12. The number of fused-ring (bicyclic) bond motifs is 15.